The van der Waals surface area contributed by atoms with Gasteiger partial charge in [-0.3, -0.25) is 0 Å². The molecule has 1 heterocycles. The Morgan fingerprint density at radius 2 is 1.50 bits per heavy atom. The van der Waals surface area contributed by atoms with E-state index in [1.807, 2.05) is 0 Å². The maximum atomic E-state index is 2.49. The molecule has 0 bridgehead atoms. The molecular weight excluding hydrogens is 165 g/mol. The zero-order valence-electron chi connectivity index (χ0n) is 9.29. The Bertz CT molecular complexity index is 262. The van der Waals surface area contributed by atoms with Gasteiger partial charge in [-0.1, -0.05) is 17.7 Å². The first-order chi connectivity index (χ1) is 6.36. The summed E-state index contributed by atoms with van der Waals surface area (Å²) in [5.74, 6) is 0. The molecule has 71 valence electrons. The Labute approximate surface area is 98.7 Å². The first kappa shape index (κ1) is 11.7. The van der Waals surface area contributed by atoms with Gasteiger partial charge in [0.25, 0.3) is 0 Å². The van der Waals surface area contributed by atoms with E-state index in [-0.39, 0.29) is 18.9 Å². The van der Waals surface area contributed by atoms with Crippen molar-refractivity contribution in [3.63, 3.8) is 0 Å². The summed E-state index contributed by atoms with van der Waals surface area (Å²) in [4.78, 5) is 2.49. The van der Waals surface area contributed by atoms with Crippen molar-refractivity contribution in [3.8, 4) is 0 Å². The standard InChI is InChI=1S/C12H17N.Li/c1-11-5-7-12(8-6-11)13-9-3-2-4-10-13;/h5-8H,2-4,9-10H2,1H3;. The van der Waals surface area contributed by atoms with E-state index in [4.69, 9.17) is 0 Å². The van der Waals surface area contributed by atoms with Crippen molar-refractivity contribution in [2.75, 3.05) is 18.0 Å². The van der Waals surface area contributed by atoms with E-state index in [0.717, 1.165) is 0 Å². The van der Waals surface area contributed by atoms with Gasteiger partial charge in [0.15, 0.2) is 0 Å². The molecule has 1 aromatic rings. The second-order valence-electron chi connectivity index (χ2n) is 3.88. The van der Waals surface area contributed by atoms with Crippen molar-refractivity contribution in [2.45, 2.75) is 26.2 Å². The van der Waals surface area contributed by atoms with E-state index >= 15 is 0 Å². The minimum absolute atomic E-state index is 0. The molecule has 1 nitrogen and oxygen atoms in total. The SMILES string of the molecule is Cc1ccc(N2CCCCC2)cc1.[Li]. The largest absolute Gasteiger partial charge is 0.372 e. The molecule has 0 saturated carbocycles. The predicted molar refractivity (Wildman–Crippen MR) is 63.0 cm³/mol. The molecule has 0 amide bonds. The number of hydrogen-bond acceptors (Lipinski definition) is 1. The van der Waals surface area contributed by atoms with Crippen LogP contribution in [0.1, 0.15) is 24.8 Å². The summed E-state index contributed by atoms with van der Waals surface area (Å²) in [7, 11) is 0. The predicted octanol–water partition coefficient (Wildman–Crippen LogP) is 2.60. The summed E-state index contributed by atoms with van der Waals surface area (Å²) >= 11 is 0. The number of hydrogen-bond donors (Lipinski definition) is 0. The van der Waals surface area contributed by atoms with Gasteiger partial charge >= 0.3 is 0 Å². The molecule has 1 saturated heterocycles. The summed E-state index contributed by atoms with van der Waals surface area (Å²) in [5.41, 5.74) is 2.74. The van der Waals surface area contributed by atoms with Crippen LogP contribution >= 0.6 is 0 Å². The molecule has 0 spiro atoms. The van der Waals surface area contributed by atoms with E-state index in [9.17, 15) is 0 Å². The quantitative estimate of drug-likeness (QED) is 0.603. The Morgan fingerprint density at radius 3 is 2.07 bits per heavy atom. The fourth-order valence-corrected chi connectivity index (χ4v) is 1.91. The molecule has 1 aliphatic heterocycles. The van der Waals surface area contributed by atoms with Gasteiger partial charge in [-0.15, -0.1) is 0 Å². The van der Waals surface area contributed by atoms with Gasteiger partial charge in [0.2, 0.25) is 0 Å². The molecule has 0 aromatic heterocycles. The minimum atomic E-state index is 0. The van der Waals surface area contributed by atoms with E-state index in [1.54, 1.807) is 0 Å². The van der Waals surface area contributed by atoms with Crippen molar-refractivity contribution >= 4 is 24.5 Å². The number of piperidine rings is 1. The third-order valence-corrected chi connectivity index (χ3v) is 2.76. The number of anilines is 1. The monoisotopic (exact) mass is 182 g/mol. The fourth-order valence-electron chi connectivity index (χ4n) is 1.91. The average molecular weight is 182 g/mol. The zero-order valence-corrected chi connectivity index (χ0v) is 9.29. The van der Waals surface area contributed by atoms with Crippen LogP contribution in [0.25, 0.3) is 0 Å². The third-order valence-electron chi connectivity index (χ3n) is 2.76. The Morgan fingerprint density at radius 1 is 0.929 bits per heavy atom. The van der Waals surface area contributed by atoms with Crippen molar-refractivity contribution in [1.82, 2.24) is 0 Å². The minimum Gasteiger partial charge on any atom is -0.372 e. The van der Waals surface area contributed by atoms with Crippen LogP contribution in [0, 0.1) is 6.92 Å². The number of nitrogens with zero attached hydrogens (tertiary/aromatic N) is 1. The van der Waals surface area contributed by atoms with Crippen LogP contribution in [0.3, 0.4) is 0 Å². The Kier molecular flexibility index (Phi) is 4.58. The molecule has 14 heavy (non-hydrogen) atoms. The molecule has 1 fully saturated rings. The number of aryl methyl sites for hydroxylation is 1. The second-order valence-corrected chi connectivity index (χ2v) is 3.88. The smallest absolute Gasteiger partial charge is 0.0366 e. The van der Waals surface area contributed by atoms with Crippen molar-refractivity contribution in [2.24, 2.45) is 0 Å². The van der Waals surface area contributed by atoms with Crippen molar-refractivity contribution in [1.29, 1.82) is 0 Å². The van der Waals surface area contributed by atoms with Crippen LogP contribution in [-0.4, -0.2) is 32.0 Å². The Hall–Kier alpha value is -0.383. The van der Waals surface area contributed by atoms with Gasteiger partial charge in [0, 0.05) is 37.6 Å². The van der Waals surface area contributed by atoms with Crippen molar-refractivity contribution in [3.05, 3.63) is 29.8 Å². The van der Waals surface area contributed by atoms with Gasteiger partial charge in [0.1, 0.15) is 0 Å². The van der Waals surface area contributed by atoms with Crippen LogP contribution in [-0.2, 0) is 0 Å². The van der Waals surface area contributed by atoms with E-state index < -0.39 is 0 Å². The maximum Gasteiger partial charge on any atom is 0.0366 e. The van der Waals surface area contributed by atoms with Crippen LogP contribution < -0.4 is 4.90 Å². The van der Waals surface area contributed by atoms with Gasteiger partial charge in [0.05, 0.1) is 0 Å². The summed E-state index contributed by atoms with van der Waals surface area (Å²) in [5, 5.41) is 0. The molecule has 1 radical (unpaired) electrons. The molecule has 0 atom stereocenters. The molecule has 0 N–H and O–H groups in total. The molecule has 2 heteroatoms. The Balaban J connectivity index is 0.000000980. The first-order valence-corrected chi connectivity index (χ1v) is 5.18. The third kappa shape index (κ3) is 2.80. The normalized spacial score (nSPS) is 16.2. The molecule has 1 aromatic carbocycles. The fraction of sp³-hybridized carbons (Fsp3) is 0.500. The molecule has 0 unspecified atom stereocenters. The van der Waals surface area contributed by atoms with Gasteiger partial charge < -0.3 is 4.90 Å². The number of benzene rings is 1. The van der Waals surface area contributed by atoms with Crippen LogP contribution in [0.2, 0.25) is 0 Å². The van der Waals surface area contributed by atoms with Gasteiger partial charge in [-0.05, 0) is 38.3 Å². The summed E-state index contributed by atoms with van der Waals surface area (Å²) in [6, 6.07) is 8.87. The van der Waals surface area contributed by atoms with E-state index in [0.29, 0.717) is 0 Å². The number of rotatable bonds is 1. The topological polar surface area (TPSA) is 3.24 Å². The van der Waals surface area contributed by atoms with Crippen LogP contribution in [0.15, 0.2) is 24.3 Å². The summed E-state index contributed by atoms with van der Waals surface area (Å²) in [6.07, 6.45) is 4.12. The van der Waals surface area contributed by atoms with Crippen LogP contribution in [0.5, 0.6) is 0 Å². The summed E-state index contributed by atoms with van der Waals surface area (Å²) in [6.45, 7) is 4.62. The van der Waals surface area contributed by atoms with Crippen molar-refractivity contribution < 1.29 is 0 Å². The van der Waals surface area contributed by atoms with Gasteiger partial charge in [-0.2, -0.15) is 0 Å². The molecule has 0 aliphatic carbocycles. The zero-order chi connectivity index (χ0) is 9.10. The average Bonchev–Trinajstić information content (AvgIpc) is 2.20. The van der Waals surface area contributed by atoms with Crippen LogP contribution in [0.4, 0.5) is 5.69 Å². The van der Waals surface area contributed by atoms with E-state index in [2.05, 4.69) is 36.1 Å². The molecule has 1 aliphatic rings. The van der Waals surface area contributed by atoms with E-state index in [1.165, 1.54) is 43.6 Å². The first-order valence-electron chi connectivity index (χ1n) is 5.18. The summed E-state index contributed by atoms with van der Waals surface area (Å²) < 4.78 is 0. The molecule has 2 rings (SSSR count). The second kappa shape index (κ2) is 5.49. The maximum absolute atomic E-state index is 2.49. The van der Waals surface area contributed by atoms with Gasteiger partial charge in [-0.25, -0.2) is 0 Å². The molecular formula is C12H17LiN.